The van der Waals surface area contributed by atoms with Crippen LogP contribution < -0.4 is 5.32 Å². The molecule has 1 aromatic heterocycles. The molecule has 1 saturated heterocycles. The highest BCUT2D eigenvalue weighted by Gasteiger charge is 2.29. The summed E-state index contributed by atoms with van der Waals surface area (Å²) in [5.41, 5.74) is 1.08. The molecule has 2 heterocycles. The number of carbonyl (C=O) groups is 1. The Hall–Kier alpha value is -1.36. The zero-order valence-electron chi connectivity index (χ0n) is 13.4. The fourth-order valence-corrected chi connectivity index (χ4v) is 3.86. The summed E-state index contributed by atoms with van der Waals surface area (Å²) < 4.78 is 0. The number of hydrogen-bond acceptors (Lipinski definition) is 3. The number of aromatic amines is 1. The van der Waals surface area contributed by atoms with Crippen LogP contribution in [-0.4, -0.2) is 46.5 Å². The molecular formula is C17H28N4O. The first-order valence-corrected chi connectivity index (χ1v) is 8.82. The van der Waals surface area contributed by atoms with Crippen molar-refractivity contribution in [2.75, 3.05) is 19.6 Å². The lowest BCUT2D eigenvalue weighted by Crippen LogP contribution is -2.45. The Labute approximate surface area is 132 Å². The van der Waals surface area contributed by atoms with Crippen molar-refractivity contribution in [2.45, 2.75) is 57.4 Å². The van der Waals surface area contributed by atoms with Crippen molar-refractivity contribution in [3.8, 4) is 0 Å². The molecule has 3 rings (SSSR count). The van der Waals surface area contributed by atoms with E-state index in [-0.39, 0.29) is 11.8 Å². The first-order valence-electron chi connectivity index (χ1n) is 8.82. The van der Waals surface area contributed by atoms with E-state index in [1.165, 1.54) is 32.1 Å². The number of amides is 1. The first kappa shape index (κ1) is 15.5. The average molecular weight is 304 g/mol. The summed E-state index contributed by atoms with van der Waals surface area (Å²) in [4.78, 5) is 21.9. The Morgan fingerprint density at radius 3 is 2.68 bits per heavy atom. The molecule has 2 aliphatic rings. The van der Waals surface area contributed by atoms with Crippen molar-refractivity contribution in [3.63, 3.8) is 0 Å². The smallest absolute Gasteiger partial charge is 0.223 e. The minimum Gasteiger partial charge on any atom is -0.355 e. The molecule has 5 heteroatoms. The van der Waals surface area contributed by atoms with E-state index in [1.807, 2.05) is 6.20 Å². The lowest BCUT2D eigenvalue weighted by molar-refractivity contribution is -0.126. The molecule has 122 valence electrons. The van der Waals surface area contributed by atoms with Crippen LogP contribution in [0.4, 0.5) is 0 Å². The van der Waals surface area contributed by atoms with Crippen molar-refractivity contribution in [3.05, 3.63) is 18.2 Å². The van der Waals surface area contributed by atoms with Gasteiger partial charge in [-0.1, -0.05) is 19.3 Å². The van der Waals surface area contributed by atoms with Crippen LogP contribution >= 0.6 is 0 Å². The minimum absolute atomic E-state index is 0.210. The summed E-state index contributed by atoms with van der Waals surface area (Å²) in [6, 6.07) is 0.790. The molecule has 1 aromatic rings. The number of imidazole rings is 1. The van der Waals surface area contributed by atoms with Gasteiger partial charge in [0.2, 0.25) is 5.91 Å². The quantitative estimate of drug-likeness (QED) is 0.876. The molecule has 2 fully saturated rings. The maximum Gasteiger partial charge on any atom is 0.223 e. The Morgan fingerprint density at radius 2 is 2.00 bits per heavy atom. The number of aromatic nitrogens is 2. The number of carbonyl (C=O) groups excluding carboxylic acids is 1. The summed E-state index contributed by atoms with van der Waals surface area (Å²) in [6.07, 6.45) is 13.3. The van der Waals surface area contributed by atoms with Crippen molar-refractivity contribution in [1.29, 1.82) is 0 Å². The van der Waals surface area contributed by atoms with E-state index in [0.29, 0.717) is 6.54 Å². The van der Waals surface area contributed by atoms with Crippen LogP contribution in [0, 0.1) is 5.92 Å². The zero-order chi connectivity index (χ0) is 15.2. The Kier molecular flexibility index (Phi) is 5.48. The monoisotopic (exact) mass is 304 g/mol. The lowest BCUT2D eigenvalue weighted by Gasteiger charge is -2.38. The molecule has 0 spiro atoms. The molecule has 0 bridgehead atoms. The molecule has 5 nitrogen and oxygen atoms in total. The molecule has 1 saturated carbocycles. The van der Waals surface area contributed by atoms with Crippen LogP contribution in [0.1, 0.15) is 50.6 Å². The van der Waals surface area contributed by atoms with Crippen LogP contribution in [0.25, 0.3) is 0 Å². The third kappa shape index (κ3) is 4.09. The highest BCUT2D eigenvalue weighted by Crippen LogP contribution is 2.27. The van der Waals surface area contributed by atoms with Gasteiger partial charge in [-0.2, -0.15) is 0 Å². The van der Waals surface area contributed by atoms with Gasteiger partial charge in [-0.05, 0) is 38.8 Å². The predicted octanol–water partition coefficient (Wildman–Crippen LogP) is 2.11. The van der Waals surface area contributed by atoms with Gasteiger partial charge in [0.25, 0.3) is 0 Å². The molecule has 2 N–H and O–H groups in total. The van der Waals surface area contributed by atoms with E-state index >= 15 is 0 Å². The fraction of sp³-hybridized carbons (Fsp3) is 0.765. The van der Waals surface area contributed by atoms with Gasteiger partial charge in [-0.25, -0.2) is 4.98 Å². The van der Waals surface area contributed by atoms with Gasteiger partial charge in [-0.3, -0.25) is 4.79 Å². The molecule has 0 atom stereocenters. The molecule has 0 unspecified atom stereocenters. The molecule has 1 amide bonds. The topological polar surface area (TPSA) is 61.0 Å². The third-order valence-corrected chi connectivity index (χ3v) is 5.24. The van der Waals surface area contributed by atoms with Crippen LogP contribution in [0.3, 0.4) is 0 Å². The Bertz CT molecular complexity index is 445. The predicted molar refractivity (Wildman–Crippen MR) is 86.5 cm³/mol. The molecule has 1 aliphatic heterocycles. The van der Waals surface area contributed by atoms with Crippen LogP contribution in [0.5, 0.6) is 0 Å². The lowest BCUT2D eigenvalue weighted by atomic mass is 9.90. The normalized spacial score (nSPS) is 21.8. The highest BCUT2D eigenvalue weighted by atomic mass is 16.1. The number of rotatable bonds is 5. The second-order valence-electron chi connectivity index (χ2n) is 6.72. The highest BCUT2D eigenvalue weighted by molar-refractivity contribution is 5.78. The Balaban J connectivity index is 1.36. The number of nitrogens with zero attached hydrogens (tertiary/aromatic N) is 2. The fourth-order valence-electron chi connectivity index (χ4n) is 3.86. The number of nitrogens with one attached hydrogen (secondary N) is 2. The van der Waals surface area contributed by atoms with Crippen LogP contribution in [0.2, 0.25) is 0 Å². The van der Waals surface area contributed by atoms with E-state index in [4.69, 9.17) is 0 Å². The van der Waals surface area contributed by atoms with Crippen molar-refractivity contribution >= 4 is 5.91 Å². The number of hydrogen-bond donors (Lipinski definition) is 2. The summed E-state index contributed by atoms with van der Waals surface area (Å²) in [5, 5.41) is 3.08. The van der Waals surface area contributed by atoms with E-state index in [9.17, 15) is 4.79 Å². The number of likely N-dealkylation sites (tertiary alicyclic amines) is 1. The Morgan fingerprint density at radius 1 is 1.23 bits per heavy atom. The van der Waals surface area contributed by atoms with Crippen molar-refractivity contribution < 1.29 is 4.79 Å². The standard InChI is InChI=1S/C17H28N4O/c22-17(19-9-6-15-12-18-13-20-15)14-7-10-21(11-8-14)16-4-2-1-3-5-16/h12-14,16H,1-11H2,(H,18,20)(H,19,22). The van der Waals surface area contributed by atoms with Gasteiger partial charge < -0.3 is 15.2 Å². The summed E-state index contributed by atoms with van der Waals surface area (Å²) in [5.74, 6) is 0.449. The van der Waals surface area contributed by atoms with E-state index in [1.54, 1.807) is 6.33 Å². The van der Waals surface area contributed by atoms with Gasteiger partial charge in [-0.15, -0.1) is 0 Å². The van der Waals surface area contributed by atoms with Gasteiger partial charge in [0.1, 0.15) is 0 Å². The summed E-state index contributed by atoms with van der Waals surface area (Å²) >= 11 is 0. The van der Waals surface area contributed by atoms with E-state index in [2.05, 4.69) is 20.2 Å². The zero-order valence-corrected chi connectivity index (χ0v) is 13.4. The average Bonchev–Trinajstić information content (AvgIpc) is 3.09. The van der Waals surface area contributed by atoms with Gasteiger partial charge >= 0.3 is 0 Å². The van der Waals surface area contributed by atoms with E-state index in [0.717, 1.165) is 44.1 Å². The van der Waals surface area contributed by atoms with Crippen molar-refractivity contribution in [1.82, 2.24) is 20.2 Å². The second kappa shape index (κ2) is 7.77. The summed E-state index contributed by atoms with van der Waals surface area (Å²) in [6.45, 7) is 2.90. The largest absolute Gasteiger partial charge is 0.355 e. The van der Waals surface area contributed by atoms with Gasteiger partial charge in [0.05, 0.1) is 6.33 Å². The molecule has 1 aliphatic carbocycles. The first-order chi connectivity index (χ1) is 10.8. The van der Waals surface area contributed by atoms with Crippen LogP contribution in [-0.2, 0) is 11.2 Å². The summed E-state index contributed by atoms with van der Waals surface area (Å²) in [7, 11) is 0. The molecule has 22 heavy (non-hydrogen) atoms. The minimum atomic E-state index is 0.210. The maximum absolute atomic E-state index is 12.3. The van der Waals surface area contributed by atoms with Gasteiger partial charge in [0.15, 0.2) is 0 Å². The third-order valence-electron chi connectivity index (χ3n) is 5.24. The maximum atomic E-state index is 12.3. The molecule has 0 aromatic carbocycles. The second-order valence-corrected chi connectivity index (χ2v) is 6.72. The van der Waals surface area contributed by atoms with Crippen LogP contribution in [0.15, 0.2) is 12.5 Å². The van der Waals surface area contributed by atoms with E-state index < -0.39 is 0 Å². The SMILES string of the molecule is O=C(NCCc1cnc[nH]1)C1CCN(C2CCCCC2)CC1. The number of H-pyrrole nitrogens is 1. The molecule has 0 radical (unpaired) electrons. The molecular weight excluding hydrogens is 276 g/mol. The number of piperidine rings is 1. The van der Waals surface area contributed by atoms with Gasteiger partial charge in [0, 0.05) is 36.8 Å². The van der Waals surface area contributed by atoms with Crippen molar-refractivity contribution in [2.24, 2.45) is 5.92 Å².